The smallest absolute Gasteiger partial charge is 0.254 e. The van der Waals surface area contributed by atoms with Crippen LogP contribution in [0.5, 0.6) is 0 Å². The molecule has 0 saturated carbocycles. The maximum Gasteiger partial charge on any atom is 0.254 e. The van der Waals surface area contributed by atoms with E-state index >= 15 is 0 Å². The predicted molar refractivity (Wildman–Crippen MR) is 121 cm³/mol. The molecule has 2 aromatic carbocycles. The average molecular weight is 399 g/mol. The quantitative estimate of drug-likeness (QED) is 0.519. The number of nitrogens with zero attached hydrogens (tertiary/aromatic N) is 6. The molecule has 0 spiro atoms. The van der Waals surface area contributed by atoms with Gasteiger partial charge < -0.3 is 9.80 Å². The minimum atomic E-state index is 0.390. The van der Waals surface area contributed by atoms with Gasteiger partial charge in [-0.3, -0.25) is 0 Å². The Morgan fingerprint density at radius 1 is 0.900 bits per heavy atom. The summed E-state index contributed by atoms with van der Waals surface area (Å²) >= 11 is 0. The molecule has 1 aliphatic rings. The maximum atomic E-state index is 4.80. The number of aromatic nitrogens is 4. The molecular weight excluding hydrogens is 372 g/mol. The van der Waals surface area contributed by atoms with Gasteiger partial charge in [0.2, 0.25) is 0 Å². The summed E-state index contributed by atoms with van der Waals surface area (Å²) in [5.41, 5.74) is 4.55. The van der Waals surface area contributed by atoms with E-state index in [9.17, 15) is 0 Å². The van der Waals surface area contributed by atoms with Crippen LogP contribution < -0.4 is 9.80 Å². The van der Waals surface area contributed by atoms with Gasteiger partial charge in [-0.15, -0.1) is 5.10 Å². The molecule has 1 aliphatic heterocycles. The summed E-state index contributed by atoms with van der Waals surface area (Å²) in [4.78, 5) is 14.2. The molecule has 0 amide bonds. The number of anilines is 2. The molecule has 0 aliphatic carbocycles. The van der Waals surface area contributed by atoms with Gasteiger partial charge in [0, 0.05) is 48.7 Å². The monoisotopic (exact) mass is 398 g/mol. The van der Waals surface area contributed by atoms with Gasteiger partial charge in [0.25, 0.3) is 5.78 Å². The van der Waals surface area contributed by atoms with Crippen LogP contribution in [0.3, 0.4) is 0 Å². The Bertz CT molecular complexity index is 1180. The largest absolute Gasteiger partial charge is 0.365 e. The molecular formula is C24H26N6. The summed E-state index contributed by atoms with van der Waals surface area (Å²) in [6, 6.07) is 21.3. The van der Waals surface area contributed by atoms with Crippen LogP contribution in [-0.2, 0) is 0 Å². The topological polar surface area (TPSA) is 49.6 Å². The number of benzene rings is 2. The minimum absolute atomic E-state index is 0.390. The van der Waals surface area contributed by atoms with Crippen LogP contribution in [0.15, 0.2) is 60.7 Å². The maximum absolute atomic E-state index is 4.80. The van der Waals surface area contributed by atoms with Crippen LogP contribution in [0.2, 0.25) is 0 Å². The fourth-order valence-corrected chi connectivity index (χ4v) is 4.26. The highest BCUT2D eigenvalue weighted by molar-refractivity contribution is 5.59. The molecule has 3 heterocycles. The van der Waals surface area contributed by atoms with Crippen molar-refractivity contribution in [1.82, 2.24) is 19.6 Å². The van der Waals surface area contributed by atoms with Crippen LogP contribution in [0.1, 0.15) is 18.2 Å². The van der Waals surface area contributed by atoms with Gasteiger partial charge in [-0.05, 0) is 38.5 Å². The lowest BCUT2D eigenvalue weighted by molar-refractivity contribution is 0.543. The van der Waals surface area contributed by atoms with Gasteiger partial charge in [0.05, 0.1) is 0 Å². The first-order valence-corrected chi connectivity index (χ1v) is 10.5. The van der Waals surface area contributed by atoms with Crippen molar-refractivity contribution < 1.29 is 0 Å². The summed E-state index contributed by atoms with van der Waals surface area (Å²) in [7, 11) is 0. The van der Waals surface area contributed by atoms with Crippen molar-refractivity contribution in [3.8, 4) is 11.4 Å². The van der Waals surface area contributed by atoms with Crippen molar-refractivity contribution >= 4 is 17.3 Å². The number of piperazine rings is 1. The molecule has 0 unspecified atom stereocenters. The van der Waals surface area contributed by atoms with Crippen molar-refractivity contribution in [2.24, 2.45) is 0 Å². The van der Waals surface area contributed by atoms with Gasteiger partial charge >= 0.3 is 0 Å². The Morgan fingerprint density at radius 3 is 2.50 bits per heavy atom. The summed E-state index contributed by atoms with van der Waals surface area (Å²) in [5, 5.41) is 4.80. The molecule has 30 heavy (non-hydrogen) atoms. The van der Waals surface area contributed by atoms with E-state index in [4.69, 9.17) is 10.1 Å². The van der Waals surface area contributed by atoms with Crippen LogP contribution >= 0.6 is 0 Å². The Kier molecular flexibility index (Phi) is 4.62. The van der Waals surface area contributed by atoms with E-state index in [0.29, 0.717) is 17.6 Å². The van der Waals surface area contributed by atoms with Crippen molar-refractivity contribution in [2.45, 2.75) is 26.8 Å². The SMILES string of the molecule is Cc1cccc(N2CCN(c3cc(C)nc4nc(-c5ccccc5)nn34)C[C@@H]2C)c1. The first-order valence-electron chi connectivity index (χ1n) is 10.5. The minimum Gasteiger partial charge on any atom is -0.365 e. The molecule has 6 heteroatoms. The standard InChI is InChI=1S/C24H26N6/c1-17-8-7-11-21(14-17)29-13-12-28(16-19(29)3)22-15-18(2)25-24-26-23(27-30(22)24)20-9-5-4-6-10-20/h4-11,14-15,19H,12-13,16H2,1-3H3/t19-/m0/s1. The predicted octanol–water partition coefficient (Wildman–Crippen LogP) is 4.12. The fraction of sp³-hybridized carbons (Fsp3) is 0.292. The molecule has 1 atom stereocenters. The molecule has 1 saturated heterocycles. The Hall–Kier alpha value is -3.41. The highest BCUT2D eigenvalue weighted by atomic mass is 15.4. The van der Waals surface area contributed by atoms with Gasteiger partial charge in [-0.1, -0.05) is 42.5 Å². The lowest BCUT2D eigenvalue weighted by atomic mass is 10.1. The average Bonchev–Trinajstić information content (AvgIpc) is 3.17. The number of aryl methyl sites for hydroxylation is 2. The Balaban J connectivity index is 1.47. The Labute approximate surface area is 176 Å². The van der Waals surface area contributed by atoms with E-state index < -0.39 is 0 Å². The molecule has 6 nitrogen and oxygen atoms in total. The van der Waals surface area contributed by atoms with Crippen molar-refractivity contribution in [1.29, 1.82) is 0 Å². The number of rotatable bonds is 3. The van der Waals surface area contributed by atoms with Gasteiger partial charge in [0.15, 0.2) is 5.82 Å². The second kappa shape index (κ2) is 7.44. The molecule has 1 fully saturated rings. The molecule has 0 bridgehead atoms. The zero-order valence-corrected chi connectivity index (χ0v) is 17.7. The lowest BCUT2D eigenvalue weighted by Gasteiger charge is -2.42. The van der Waals surface area contributed by atoms with E-state index in [1.165, 1.54) is 11.3 Å². The number of hydrogen-bond donors (Lipinski definition) is 0. The van der Waals surface area contributed by atoms with Crippen LogP contribution in [0, 0.1) is 13.8 Å². The third-order valence-corrected chi connectivity index (χ3v) is 5.74. The van der Waals surface area contributed by atoms with Crippen LogP contribution in [0.4, 0.5) is 11.5 Å². The summed E-state index contributed by atoms with van der Waals surface area (Å²) in [5.74, 6) is 2.42. The number of hydrogen-bond acceptors (Lipinski definition) is 5. The van der Waals surface area contributed by atoms with E-state index in [2.05, 4.69) is 59.0 Å². The van der Waals surface area contributed by atoms with Crippen molar-refractivity contribution in [3.05, 3.63) is 71.9 Å². The highest BCUT2D eigenvalue weighted by Gasteiger charge is 2.26. The van der Waals surface area contributed by atoms with Gasteiger partial charge in [-0.25, -0.2) is 4.98 Å². The lowest BCUT2D eigenvalue weighted by Crippen LogP contribution is -2.52. The van der Waals surface area contributed by atoms with Crippen LogP contribution in [0.25, 0.3) is 17.2 Å². The number of fused-ring (bicyclic) bond motifs is 1. The fourth-order valence-electron chi connectivity index (χ4n) is 4.26. The molecule has 152 valence electrons. The van der Waals surface area contributed by atoms with Gasteiger partial charge in [0.1, 0.15) is 5.82 Å². The summed E-state index contributed by atoms with van der Waals surface area (Å²) < 4.78 is 1.89. The molecule has 2 aromatic heterocycles. The van der Waals surface area contributed by atoms with E-state index in [1.54, 1.807) is 0 Å². The first kappa shape index (κ1) is 18.6. The second-order valence-electron chi connectivity index (χ2n) is 8.10. The van der Waals surface area contributed by atoms with E-state index in [1.807, 2.05) is 41.8 Å². The first-order chi connectivity index (χ1) is 14.6. The molecule has 4 aromatic rings. The zero-order chi connectivity index (χ0) is 20.7. The van der Waals surface area contributed by atoms with E-state index in [0.717, 1.165) is 36.7 Å². The van der Waals surface area contributed by atoms with Crippen molar-refractivity contribution in [3.63, 3.8) is 0 Å². The van der Waals surface area contributed by atoms with Crippen LogP contribution in [-0.4, -0.2) is 45.3 Å². The zero-order valence-electron chi connectivity index (χ0n) is 17.7. The van der Waals surface area contributed by atoms with Crippen molar-refractivity contribution in [2.75, 3.05) is 29.4 Å². The summed E-state index contributed by atoms with van der Waals surface area (Å²) in [6.07, 6.45) is 0. The third kappa shape index (κ3) is 3.38. The molecule has 0 radical (unpaired) electrons. The normalized spacial score (nSPS) is 17.0. The molecule has 5 rings (SSSR count). The van der Waals surface area contributed by atoms with Gasteiger partial charge in [-0.2, -0.15) is 9.50 Å². The summed E-state index contributed by atoms with van der Waals surface area (Å²) in [6.45, 7) is 9.28. The third-order valence-electron chi connectivity index (χ3n) is 5.74. The van der Waals surface area contributed by atoms with E-state index in [-0.39, 0.29) is 0 Å². The second-order valence-corrected chi connectivity index (χ2v) is 8.10. The molecule has 0 N–H and O–H groups in total. The highest BCUT2D eigenvalue weighted by Crippen LogP contribution is 2.26. The Morgan fingerprint density at radius 2 is 1.73 bits per heavy atom.